The van der Waals surface area contributed by atoms with Crippen molar-refractivity contribution in [3.05, 3.63) is 64.0 Å². The summed E-state index contributed by atoms with van der Waals surface area (Å²) in [4.78, 5) is 22.8. The van der Waals surface area contributed by atoms with Crippen molar-refractivity contribution < 1.29 is 17.1 Å². The van der Waals surface area contributed by atoms with Gasteiger partial charge in [-0.1, -0.05) is 83.1 Å². The molecule has 0 amide bonds. The van der Waals surface area contributed by atoms with Crippen molar-refractivity contribution in [3.8, 4) is 0 Å². The van der Waals surface area contributed by atoms with Gasteiger partial charge in [0.05, 0.1) is 11.4 Å². The van der Waals surface area contributed by atoms with Gasteiger partial charge in [-0.15, -0.1) is 0 Å². The van der Waals surface area contributed by atoms with Gasteiger partial charge in [-0.05, 0) is 69.7 Å². The summed E-state index contributed by atoms with van der Waals surface area (Å²) in [7, 11) is 0. The zero-order valence-corrected chi connectivity index (χ0v) is 27.6. The Morgan fingerprint density at radius 1 is 0.488 bits per heavy atom. The number of aromatic nitrogens is 5. The molecule has 0 saturated heterocycles. The fourth-order valence-corrected chi connectivity index (χ4v) is 6.03. The summed E-state index contributed by atoms with van der Waals surface area (Å²) in [5.74, 6) is 1.38. The molecule has 0 aliphatic carbocycles. The Balaban J connectivity index is 0.00000387. The molecule has 8 bridgehead atoms. The van der Waals surface area contributed by atoms with E-state index in [-0.39, 0.29) is 38.7 Å². The summed E-state index contributed by atoms with van der Waals surface area (Å²) in [5.41, 5.74) is 10.7. The van der Waals surface area contributed by atoms with Gasteiger partial charge in [0, 0.05) is 55.8 Å². The number of allylic oxidation sites excluding steroid dienone is 1. The molecule has 221 valence electrons. The normalized spacial score (nSPS) is 14.2. The van der Waals surface area contributed by atoms with Gasteiger partial charge in [-0.2, -0.15) is 0 Å². The first-order valence-corrected chi connectivity index (χ1v) is 14.4. The summed E-state index contributed by atoms with van der Waals surface area (Å²) in [6.45, 7) is 27.1. The molecular formula is C35H45CuN5. The van der Waals surface area contributed by atoms with Gasteiger partial charge in [0.1, 0.15) is 0 Å². The first-order chi connectivity index (χ1) is 18.3. The van der Waals surface area contributed by atoms with E-state index < -0.39 is 0 Å². The number of rotatable bonds is 0. The third-order valence-corrected chi connectivity index (χ3v) is 7.61. The van der Waals surface area contributed by atoms with E-state index in [2.05, 4.69) is 129 Å². The first kappa shape index (κ1) is 31.0. The smallest absolute Gasteiger partial charge is 0.155 e. The monoisotopic (exact) mass is 598 g/mol. The number of fused-ring (bicyclic) bond motifs is 8. The minimum atomic E-state index is -0.157. The Bertz CT molecular complexity index is 1720. The van der Waals surface area contributed by atoms with Crippen LogP contribution in [0.1, 0.15) is 123 Å². The molecule has 0 spiro atoms. The Hall–Kier alpha value is -2.95. The summed E-state index contributed by atoms with van der Waals surface area (Å²) in [6, 6.07) is 8.86. The van der Waals surface area contributed by atoms with E-state index in [1.807, 2.05) is 6.08 Å². The third kappa shape index (κ3) is 5.87. The van der Waals surface area contributed by atoms with Crippen LogP contribution >= 0.6 is 0 Å². The van der Waals surface area contributed by atoms with Crippen LogP contribution in [-0.4, -0.2) is 24.9 Å². The van der Waals surface area contributed by atoms with Gasteiger partial charge in [0.2, 0.25) is 0 Å². The summed E-state index contributed by atoms with van der Waals surface area (Å²) in [5, 5.41) is 0. The molecule has 2 N–H and O–H groups in total. The summed E-state index contributed by atoms with van der Waals surface area (Å²) in [6.07, 6.45) is 6.24. The van der Waals surface area contributed by atoms with Crippen LogP contribution in [0.25, 0.3) is 45.9 Å². The maximum atomic E-state index is 5.18. The number of hydrogen-bond acceptors (Lipinski definition) is 3. The molecule has 0 saturated carbocycles. The predicted molar refractivity (Wildman–Crippen MR) is 171 cm³/mol. The Morgan fingerprint density at radius 3 is 1.41 bits per heavy atom. The van der Waals surface area contributed by atoms with Crippen molar-refractivity contribution in [2.24, 2.45) is 5.41 Å². The van der Waals surface area contributed by atoms with Crippen LogP contribution in [0.5, 0.6) is 0 Å². The fourth-order valence-electron chi connectivity index (χ4n) is 6.03. The van der Waals surface area contributed by atoms with E-state index >= 15 is 0 Å². The fraction of sp³-hybridized carbons (Fsp3) is 0.457. The number of H-pyrrole nitrogens is 2. The zero-order chi connectivity index (χ0) is 29.4. The van der Waals surface area contributed by atoms with E-state index in [1.165, 1.54) is 22.3 Å². The molecule has 41 heavy (non-hydrogen) atoms. The molecule has 0 unspecified atom stereocenters. The molecular weight excluding hydrogens is 554 g/mol. The number of nitrogens with one attached hydrogen (secondary N) is 2. The van der Waals surface area contributed by atoms with Gasteiger partial charge >= 0.3 is 0 Å². The molecule has 3 aromatic heterocycles. The largest absolute Gasteiger partial charge is 0.355 e. The Morgan fingerprint density at radius 2 is 0.951 bits per heavy atom. The van der Waals surface area contributed by atoms with Crippen molar-refractivity contribution in [3.63, 3.8) is 0 Å². The van der Waals surface area contributed by atoms with Crippen LogP contribution < -0.4 is 0 Å². The molecule has 6 heteroatoms. The van der Waals surface area contributed by atoms with Crippen LogP contribution in [0, 0.1) is 5.41 Å². The Kier molecular flexibility index (Phi) is 7.63. The zero-order valence-electron chi connectivity index (χ0n) is 26.7. The van der Waals surface area contributed by atoms with Crippen LogP contribution in [0.3, 0.4) is 0 Å². The van der Waals surface area contributed by atoms with E-state index in [1.54, 1.807) is 0 Å². The minimum absolute atomic E-state index is 0. The van der Waals surface area contributed by atoms with E-state index in [0.717, 1.165) is 33.5 Å². The van der Waals surface area contributed by atoms with Crippen LogP contribution in [0.2, 0.25) is 0 Å². The molecule has 0 aromatic carbocycles. The van der Waals surface area contributed by atoms with Crippen molar-refractivity contribution >= 4 is 45.9 Å². The molecule has 2 aliphatic heterocycles. The SMILES string of the molecule is CC(C)(C)C1=Cc2nc3nc(c(C(C)(C)C)c4ccc([nH]4)c(C(C)(C)C)c4ccc([nH]4)c(C(C)(C)C)c1n2)C=C3.[Cu]. The second-order valence-corrected chi connectivity index (χ2v) is 15.4. The van der Waals surface area contributed by atoms with Gasteiger partial charge in [0.15, 0.2) is 11.6 Å². The number of hydrogen-bond donors (Lipinski definition) is 2. The van der Waals surface area contributed by atoms with Gasteiger partial charge in [-0.3, -0.25) is 0 Å². The molecule has 5 heterocycles. The van der Waals surface area contributed by atoms with Crippen molar-refractivity contribution in [1.29, 1.82) is 0 Å². The van der Waals surface area contributed by atoms with Crippen molar-refractivity contribution in [2.75, 3.05) is 0 Å². The van der Waals surface area contributed by atoms with Crippen molar-refractivity contribution in [2.45, 2.75) is 99.3 Å². The number of aromatic amines is 2. The summed E-state index contributed by atoms with van der Waals surface area (Å²) >= 11 is 0. The van der Waals surface area contributed by atoms with E-state index in [4.69, 9.17) is 15.0 Å². The molecule has 0 fully saturated rings. The molecule has 5 rings (SSSR count). The van der Waals surface area contributed by atoms with Crippen LogP contribution in [0.15, 0.2) is 24.3 Å². The molecule has 5 nitrogen and oxygen atoms in total. The molecule has 3 aromatic rings. The van der Waals surface area contributed by atoms with Gasteiger partial charge in [0.25, 0.3) is 0 Å². The number of nitrogens with zero attached hydrogens (tertiary/aromatic N) is 3. The third-order valence-electron chi connectivity index (χ3n) is 7.61. The second kappa shape index (κ2) is 10.1. The molecule has 1 radical (unpaired) electrons. The Labute approximate surface area is 255 Å². The maximum Gasteiger partial charge on any atom is 0.155 e. The average molecular weight is 599 g/mol. The average Bonchev–Trinajstić information content (AvgIpc) is 3.54. The van der Waals surface area contributed by atoms with E-state index in [9.17, 15) is 0 Å². The topological polar surface area (TPSA) is 70.2 Å². The predicted octanol–water partition coefficient (Wildman–Crippen LogP) is 9.36. The van der Waals surface area contributed by atoms with E-state index in [0.29, 0.717) is 11.6 Å². The standard InChI is InChI=1S/C35H45N5.Cu/c1-32(2,3)20-19-27-39-26-18-17-24(38-26)29(34(7,8)9)23-14-13-21(36-23)28(33(4,5)6)22-15-16-25(37-22)30(31(20)40-27)35(10,11)12;/h13-19,36-37H,1-12H3;. The van der Waals surface area contributed by atoms with Crippen molar-refractivity contribution in [1.82, 2.24) is 24.9 Å². The second-order valence-electron chi connectivity index (χ2n) is 15.4. The van der Waals surface area contributed by atoms with Crippen LogP contribution in [0.4, 0.5) is 0 Å². The molecule has 2 aliphatic rings. The van der Waals surface area contributed by atoms with Gasteiger partial charge in [-0.25, -0.2) is 15.0 Å². The summed E-state index contributed by atoms with van der Waals surface area (Å²) < 4.78 is 0. The quantitative estimate of drug-likeness (QED) is 0.198. The van der Waals surface area contributed by atoms with Crippen LogP contribution in [-0.2, 0) is 33.3 Å². The molecule has 0 atom stereocenters. The minimum Gasteiger partial charge on any atom is -0.355 e. The maximum absolute atomic E-state index is 5.18. The first-order valence-electron chi connectivity index (χ1n) is 14.4. The van der Waals surface area contributed by atoms with Gasteiger partial charge < -0.3 is 9.97 Å².